The Kier molecular flexibility index (Phi) is 2.30. The Bertz CT molecular complexity index is 216. The lowest BCUT2D eigenvalue weighted by atomic mass is 9.75. The van der Waals surface area contributed by atoms with Gasteiger partial charge in [0.15, 0.2) is 0 Å². The molecule has 0 aromatic rings. The molecule has 1 aliphatic carbocycles. The van der Waals surface area contributed by atoms with E-state index in [1.165, 1.54) is 56.6 Å². The predicted octanol–water partition coefficient (Wildman–Crippen LogP) is 2.14. The molecule has 2 heterocycles. The second-order valence-electron chi connectivity index (χ2n) is 4.92. The average Bonchev–Trinajstić information content (AvgIpc) is 2.17. The summed E-state index contributed by atoms with van der Waals surface area (Å²) in [7, 11) is 0. The molecule has 2 nitrogen and oxygen atoms in total. The van der Waals surface area contributed by atoms with Crippen molar-refractivity contribution in [1.82, 2.24) is 5.32 Å². The maximum Gasteiger partial charge on any atom is 0.121 e. The van der Waals surface area contributed by atoms with E-state index in [0.29, 0.717) is 5.60 Å². The first-order valence-corrected chi connectivity index (χ1v) is 7.01. The zero-order valence-electron chi connectivity index (χ0n) is 8.68. The third-order valence-corrected chi connectivity index (χ3v) is 4.99. The van der Waals surface area contributed by atoms with Crippen LogP contribution in [0.25, 0.3) is 0 Å². The van der Waals surface area contributed by atoms with E-state index in [9.17, 15) is 0 Å². The Morgan fingerprint density at radius 3 is 2.43 bits per heavy atom. The van der Waals surface area contributed by atoms with Gasteiger partial charge < -0.3 is 4.74 Å². The third kappa shape index (κ3) is 1.50. The van der Waals surface area contributed by atoms with E-state index in [2.05, 4.69) is 17.1 Å². The topological polar surface area (TPSA) is 21.3 Å². The maximum absolute atomic E-state index is 6.41. The molecule has 3 rings (SSSR count). The largest absolute Gasteiger partial charge is 0.354 e. The normalized spacial score (nSPS) is 34.3. The van der Waals surface area contributed by atoms with Crippen LogP contribution in [0.2, 0.25) is 0 Å². The van der Waals surface area contributed by atoms with Crippen molar-refractivity contribution in [2.75, 3.05) is 18.1 Å². The first-order valence-electron chi connectivity index (χ1n) is 5.86. The molecule has 2 aliphatic heterocycles. The molecule has 0 amide bonds. The van der Waals surface area contributed by atoms with Crippen LogP contribution in [0.15, 0.2) is 0 Å². The second kappa shape index (κ2) is 3.39. The van der Waals surface area contributed by atoms with Gasteiger partial charge in [-0.1, -0.05) is 0 Å². The molecule has 0 bridgehead atoms. The number of nitrogens with one attached hydrogen (secondary N) is 1. The van der Waals surface area contributed by atoms with Gasteiger partial charge in [-0.2, -0.15) is 11.8 Å². The highest BCUT2D eigenvalue weighted by atomic mass is 32.2. The van der Waals surface area contributed by atoms with Gasteiger partial charge in [-0.05, 0) is 50.0 Å². The lowest BCUT2D eigenvalue weighted by Crippen LogP contribution is -2.63. The molecular formula is C11H19NOS. The molecule has 0 unspecified atom stereocenters. The summed E-state index contributed by atoms with van der Waals surface area (Å²) in [5.74, 6) is 2.53. The summed E-state index contributed by atoms with van der Waals surface area (Å²) in [6.07, 6.45) is 7.65. The van der Waals surface area contributed by atoms with Crippen molar-refractivity contribution >= 4 is 11.8 Å². The van der Waals surface area contributed by atoms with Gasteiger partial charge in [0.05, 0.1) is 5.60 Å². The average molecular weight is 213 g/mol. The molecule has 0 aromatic carbocycles. The number of hydrogen-bond donors (Lipinski definition) is 1. The van der Waals surface area contributed by atoms with E-state index >= 15 is 0 Å². The lowest BCUT2D eigenvalue weighted by Gasteiger charge is -2.54. The van der Waals surface area contributed by atoms with Gasteiger partial charge in [0.25, 0.3) is 0 Å². The molecule has 80 valence electrons. The van der Waals surface area contributed by atoms with Crippen LogP contribution >= 0.6 is 11.8 Å². The third-order valence-electron chi connectivity index (χ3n) is 4.00. The minimum Gasteiger partial charge on any atom is -0.354 e. The van der Waals surface area contributed by atoms with Gasteiger partial charge in [0.1, 0.15) is 5.72 Å². The first-order chi connectivity index (χ1) is 6.83. The molecule has 0 atom stereocenters. The van der Waals surface area contributed by atoms with Gasteiger partial charge in [-0.3, -0.25) is 5.32 Å². The fraction of sp³-hybridized carbons (Fsp3) is 1.00. The molecule has 0 aromatic heterocycles. The monoisotopic (exact) mass is 213 g/mol. The van der Waals surface area contributed by atoms with Gasteiger partial charge in [-0.15, -0.1) is 0 Å². The van der Waals surface area contributed by atoms with Crippen LogP contribution in [0.5, 0.6) is 0 Å². The molecule has 1 N–H and O–H groups in total. The Morgan fingerprint density at radius 1 is 1.00 bits per heavy atom. The van der Waals surface area contributed by atoms with E-state index in [0.717, 1.165) is 0 Å². The van der Waals surface area contributed by atoms with E-state index in [4.69, 9.17) is 4.74 Å². The fourth-order valence-electron chi connectivity index (χ4n) is 2.92. The summed E-state index contributed by atoms with van der Waals surface area (Å²) < 4.78 is 6.41. The first kappa shape index (κ1) is 9.49. The van der Waals surface area contributed by atoms with Crippen LogP contribution in [0, 0.1) is 0 Å². The number of hydrogen-bond acceptors (Lipinski definition) is 3. The summed E-state index contributed by atoms with van der Waals surface area (Å²) in [5.41, 5.74) is 0.372. The summed E-state index contributed by atoms with van der Waals surface area (Å²) in [6, 6.07) is 0. The van der Waals surface area contributed by atoms with Crippen LogP contribution in [0.4, 0.5) is 0 Å². The molecular weight excluding hydrogens is 194 g/mol. The molecule has 2 spiro atoms. The standard InChI is InChI=1S/C11H19NOS/c1-2-10(3-1)4-7-12-11(13-10)5-8-14-9-6-11/h12H,1-9H2. The summed E-state index contributed by atoms with van der Waals surface area (Å²) in [5, 5.41) is 3.62. The Hall–Kier alpha value is 0.270. The van der Waals surface area contributed by atoms with Crippen molar-refractivity contribution in [3.05, 3.63) is 0 Å². The van der Waals surface area contributed by atoms with Crippen molar-refractivity contribution in [2.45, 2.75) is 49.9 Å². The minimum absolute atomic E-state index is 0.0733. The van der Waals surface area contributed by atoms with E-state index in [-0.39, 0.29) is 5.72 Å². The highest BCUT2D eigenvalue weighted by molar-refractivity contribution is 7.99. The van der Waals surface area contributed by atoms with Crippen molar-refractivity contribution < 1.29 is 4.74 Å². The van der Waals surface area contributed by atoms with E-state index in [1.807, 2.05) is 0 Å². The Balaban J connectivity index is 1.73. The smallest absolute Gasteiger partial charge is 0.121 e. The van der Waals surface area contributed by atoms with Gasteiger partial charge in [-0.25, -0.2) is 0 Å². The quantitative estimate of drug-likeness (QED) is 0.666. The number of ether oxygens (including phenoxy) is 1. The van der Waals surface area contributed by atoms with Crippen LogP contribution in [0.1, 0.15) is 38.5 Å². The zero-order valence-corrected chi connectivity index (χ0v) is 9.50. The van der Waals surface area contributed by atoms with Gasteiger partial charge >= 0.3 is 0 Å². The molecule has 0 radical (unpaired) electrons. The van der Waals surface area contributed by atoms with Crippen LogP contribution < -0.4 is 5.32 Å². The highest BCUT2D eigenvalue weighted by Gasteiger charge is 2.48. The Labute approximate surface area is 90.2 Å². The summed E-state index contributed by atoms with van der Waals surface area (Å²) in [4.78, 5) is 0. The molecule has 3 fully saturated rings. The van der Waals surface area contributed by atoms with Crippen molar-refractivity contribution in [3.8, 4) is 0 Å². The molecule has 2 saturated heterocycles. The minimum atomic E-state index is 0.0733. The number of rotatable bonds is 0. The van der Waals surface area contributed by atoms with Crippen molar-refractivity contribution in [1.29, 1.82) is 0 Å². The zero-order chi connectivity index (χ0) is 9.49. The van der Waals surface area contributed by atoms with Crippen LogP contribution in [-0.4, -0.2) is 29.4 Å². The van der Waals surface area contributed by atoms with Crippen LogP contribution in [-0.2, 0) is 4.74 Å². The van der Waals surface area contributed by atoms with E-state index in [1.54, 1.807) is 0 Å². The lowest BCUT2D eigenvalue weighted by molar-refractivity contribution is -0.233. The second-order valence-corrected chi connectivity index (χ2v) is 6.15. The molecule has 3 heteroatoms. The van der Waals surface area contributed by atoms with Crippen molar-refractivity contribution in [2.24, 2.45) is 0 Å². The van der Waals surface area contributed by atoms with E-state index < -0.39 is 0 Å². The van der Waals surface area contributed by atoms with Gasteiger partial charge in [0, 0.05) is 6.54 Å². The SMILES string of the molecule is C1CC2(C1)CCNC1(CCSCC1)O2. The fourth-order valence-corrected chi connectivity index (χ4v) is 4.08. The Morgan fingerprint density at radius 2 is 1.79 bits per heavy atom. The molecule has 3 aliphatic rings. The highest BCUT2D eigenvalue weighted by Crippen LogP contribution is 2.46. The van der Waals surface area contributed by atoms with Gasteiger partial charge in [0.2, 0.25) is 0 Å². The summed E-state index contributed by atoms with van der Waals surface area (Å²) in [6.45, 7) is 1.17. The van der Waals surface area contributed by atoms with Crippen molar-refractivity contribution in [3.63, 3.8) is 0 Å². The molecule has 14 heavy (non-hydrogen) atoms. The maximum atomic E-state index is 6.41. The van der Waals surface area contributed by atoms with Crippen LogP contribution in [0.3, 0.4) is 0 Å². The number of thioether (sulfide) groups is 1. The molecule has 1 saturated carbocycles. The predicted molar refractivity (Wildman–Crippen MR) is 59.6 cm³/mol. The summed E-state index contributed by atoms with van der Waals surface area (Å²) >= 11 is 2.07.